The van der Waals surface area contributed by atoms with Crippen molar-refractivity contribution in [1.82, 2.24) is 10.2 Å². The third kappa shape index (κ3) is 6.55. The van der Waals surface area contributed by atoms with Gasteiger partial charge in [0, 0.05) is 29.6 Å². The molecule has 0 aliphatic carbocycles. The molecule has 1 aromatic carbocycles. The molecule has 22 heavy (non-hydrogen) atoms. The predicted octanol–water partition coefficient (Wildman–Crippen LogP) is 3.72. The average Bonchev–Trinajstić information content (AvgIpc) is 2.41. The molecule has 0 aliphatic heterocycles. The number of hydrogen-bond acceptors (Lipinski definition) is 3. The molecule has 4 nitrogen and oxygen atoms in total. The van der Waals surface area contributed by atoms with Gasteiger partial charge < -0.3 is 10.1 Å². The van der Waals surface area contributed by atoms with Crippen molar-refractivity contribution in [3.8, 4) is 5.75 Å². The summed E-state index contributed by atoms with van der Waals surface area (Å²) >= 11 is 9.36. The van der Waals surface area contributed by atoms with Gasteiger partial charge in [0.2, 0.25) is 0 Å². The molecule has 0 fully saturated rings. The Balaban J connectivity index is 2.34. The summed E-state index contributed by atoms with van der Waals surface area (Å²) in [4.78, 5) is 14.1. The van der Waals surface area contributed by atoms with Gasteiger partial charge in [-0.1, -0.05) is 27.5 Å². The minimum absolute atomic E-state index is 0.0370. The van der Waals surface area contributed by atoms with Gasteiger partial charge in [-0.3, -0.25) is 9.69 Å². The summed E-state index contributed by atoms with van der Waals surface area (Å²) in [6, 6.07) is 6.20. The van der Waals surface area contributed by atoms with Crippen molar-refractivity contribution < 1.29 is 9.53 Å². The molecular weight excluding hydrogens is 368 g/mol. The minimum atomic E-state index is -0.147. The van der Waals surface area contributed by atoms with Gasteiger partial charge in [0.15, 0.2) is 6.61 Å². The van der Waals surface area contributed by atoms with Crippen molar-refractivity contribution in [3.63, 3.8) is 0 Å². The Hall–Kier alpha value is -0.780. The Morgan fingerprint density at radius 1 is 1.32 bits per heavy atom. The highest BCUT2D eigenvalue weighted by Gasteiger charge is 2.13. The molecule has 0 aliphatic rings. The van der Waals surface area contributed by atoms with Crippen LogP contribution in [0.2, 0.25) is 5.02 Å². The molecule has 0 saturated carbocycles. The van der Waals surface area contributed by atoms with E-state index in [1.54, 1.807) is 12.1 Å². The lowest BCUT2D eigenvalue weighted by Crippen LogP contribution is -2.43. The number of rotatable bonds is 8. The first-order valence-corrected chi connectivity index (χ1v) is 8.58. The zero-order chi connectivity index (χ0) is 16.7. The molecule has 124 valence electrons. The van der Waals surface area contributed by atoms with Crippen LogP contribution in [0, 0.1) is 0 Å². The van der Waals surface area contributed by atoms with Crippen LogP contribution in [0.1, 0.15) is 27.7 Å². The number of benzene rings is 1. The number of nitrogens with one attached hydrogen (secondary N) is 1. The highest BCUT2D eigenvalue weighted by atomic mass is 79.9. The van der Waals surface area contributed by atoms with Crippen LogP contribution in [0.25, 0.3) is 0 Å². The van der Waals surface area contributed by atoms with Crippen LogP contribution in [-0.2, 0) is 4.79 Å². The average molecular weight is 392 g/mol. The van der Waals surface area contributed by atoms with E-state index >= 15 is 0 Å². The lowest BCUT2D eigenvalue weighted by atomic mass is 10.2. The van der Waals surface area contributed by atoms with Gasteiger partial charge in [0.05, 0.1) is 5.02 Å². The van der Waals surface area contributed by atoms with Crippen molar-refractivity contribution in [2.75, 3.05) is 19.7 Å². The summed E-state index contributed by atoms with van der Waals surface area (Å²) in [5.41, 5.74) is 0. The molecule has 0 bridgehead atoms. The van der Waals surface area contributed by atoms with Gasteiger partial charge in [-0.05, 0) is 45.9 Å². The molecule has 1 N–H and O–H groups in total. The monoisotopic (exact) mass is 390 g/mol. The fraction of sp³-hybridized carbons (Fsp3) is 0.562. The Kier molecular flexibility index (Phi) is 8.21. The van der Waals surface area contributed by atoms with Crippen molar-refractivity contribution in [2.45, 2.75) is 39.8 Å². The first-order valence-electron chi connectivity index (χ1n) is 7.41. The minimum Gasteiger partial charge on any atom is -0.482 e. The van der Waals surface area contributed by atoms with Gasteiger partial charge in [-0.25, -0.2) is 0 Å². The van der Waals surface area contributed by atoms with Crippen LogP contribution in [0.15, 0.2) is 22.7 Å². The first-order chi connectivity index (χ1) is 10.3. The third-order valence-corrected chi connectivity index (χ3v) is 4.06. The van der Waals surface area contributed by atoms with Crippen LogP contribution >= 0.6 is 27.5 Å². The smallest absolute Gasteiger partial charge is 0.257 e. The summed E-state index contributed by atoms with van der Waals surface area (Å²) in [6.07, 6.45) is 0. The van der Waals surface area contributed by atoms with Crippen molar-refractivity contribution in [1.29, 1.82) is 0 Å². The number of hydrogen-bond donors (Lipinski definition) is 1. The van der Waals surface area contributed by atoms with E-state index in [0.717, 1.165) is 11.0 Å². The molecule has 1 amide bonds. The second-order valence-corrected chi connectivity index (χ2v) is 6.96. The Morgan fingerprint density at radius 3 is 2.50 bits per heavy atom. The summed E-state index contributed by atoms with van der Waals surface area (Å²) < 4.78 is 6.30. The highest BCUT2D eigenvalue weighted by Crippen LogP contribution is 2.27. The van der Waals surface area contributed by atoms with E-state index in [0.29, 0.717) is 29.4 Å². The van der Waals surface area contributed by atoms with Crippen molar-refractivity contribution in [2.24, 2.45) is 0 Å². The van der Waals surface area contributed by atoms with E-state index in [-0.39, 0.29) is 12.5 Å². The summed E-state index contributed by atoms with van der Waals surface area (Å²) in [5.74, 6) is 0.359. The third-order valence-electron chi connectivity index (χ3n) is 3.27. The van der Waals surface area contributed by atoms with Crippen LogP contribution in [0.3, 0.4) is 0 Å². The van der Waals surface area contributed by atoms with Crippen LogP contribution in [0.4, 0.5) is 0 Å². The normalized spacial score (nSPS) is 11.3. The van der Waals surface area contributed by atoms with Crippen LogP contribution in [-0.4, -0.2) is 42.6 Å². The number of carbonyl (C=O) groups excluding carboxylic acids is 1. The molecule has 1 aromatic rings. The molecular formula is C16H24BrClN2O2. The van der Waals surface area contributed by atoms with Crippen molar-refractivity contribution in [3.05, 3.63) is 27.7 Å². The summed E-state index contributed by atoms with van der Waals surface area (Å²) in [5, 5.41) is 3.35. The summed E-state index contributed by atoms with van der Waals surface area (Å²) in [6.45, 7) is 10.00. The molecule has 0 radical (unpaired) electrons. The standard InChI is InChI=1S/C16H24BrClN2O2/c1-11(2)20(12(3)4)8-7-19-16(21)10-22-15-6-5-13(17)9-14(15)18/h5-6,9,11-12H,7-8,10H2,1-4H3,(H,19,21). The molecule has 0 aromatic heterocycles. The molecule has 1 rings (SSSR count). The van der Waals surface area contributed by atoms with Gasteiger partial charge in [0.25, 0.3) is 5.91 Å². The maximum atomic E-state index is 11.8. The van der Waals surface area contributed by atoms with Crippen LogP contribution in [0.5, 0.6) is 5.75 Å². The first kappa shape index (κ1) is 19.3. The zero-order valence-corrected chi connectivity index (χ0v) is 15.9. The number of amides is 1. The van der Waals surface area contributed by atoms with Gasteiger partial charge in [0.1, 0.15) is 5.75 Å². The second-order valence-electron chi connectivity index (χ2n) is 5.64. The maximum Gasteiger partial charge on any atom is 0.257 e. The van der Waals surface area contributed by atoms with Crippen LogP contribution < -0.4 is 10.1 Å². The number of halogens is 2. The number of carbonyl (C=O) groups is 1. The van der Waals surface area contributed by atoms with E-state index in [1.165, 1.54) is 0 Å². The quantitative estimate of drug-likeness (QED) is 0.734. The van der Waals surface area contributed by atoms with Gasteiger partial charge in [-0.2, -0.15) is 0 Å². The predicted molar refractivity (Wildman–Crippen MR) is 94.6 cm³/mol. The van der Waals surface area contributed by atoms with Gasteiger partial charge in [-0.15, -0.1) is 0 Å². The number of ether oxygens (including phenoxy) is 1. The number of nitrogens with zero attached hydrogens (tertiary/aromatic N) is 1. The van der Waals surface area contributed by atoms with Crippen molar-refractivity contribution >= 4 is 33.4 Å². The van der Waals surface area contributed by atoms with E-state index < -0.39 is 0 Å². The Morgan fingerprint density at radius 2 is 1.95 bits per heavy atom. The Bertz CT molecular complexity index is 487. The topological polar surface area (TPSA) is 41.6 Å². The molecule has 0 spiro atoms. The Labute approximate surface area is 146 Å². The largest absolute Gasteiger partial charge is 0.482 e. The highest BCUT2D eigenvalue weighted by molar-refractivity contribution is 9.10. The summed E-state index contributed by atoms with van der Waals surface area (Å²) in [7, 11) is 0. The van der Waals surface area contributed by atoms with Gasteiger partial charge >= 0.3 is 0 Å². The van der Waals surface area contributed by atoms with E-state index in [2.05, 4.69) is 53.8 Å². The second kappa shape index (κ2) is 9.38. The molecule has 0 heterocycles. The van der Waals surface area contributed by atoms with E-state index in [9.17, 15) is 4.79 Å². The zero-order valence-electron chi connectivity index (χ0n) is 13.5. The lowest BCUT2D eigenvalue weighted by molar-refractivity contribution is -0.123. The molecule has 0 atom stereocenters. The lowest BCUT2D eigenvalue weighted by Gasteiger charge is -2.30. The fourth-order valence-electron chi connectivity index (χ4n) is 2.22. The SMILES string of the molecule is CC(C)N(CCNC(=O)COc1ccc(Br)cc1Cl)C(C)C. The van der Waals surface area contributed by atoms with E-state index in [1.807, 2.05) is 6.07 Å². The molecule has 0 unspecified atom stereocenters. The molecule has 0 saturated heterocycles. The fourth-order valence-corrected chi connectivity index (χ4v) is 2.95. The maximum absolute atomic E-state index is 11.8. The van der Waals surface area contributed by atoms with E-state index in [4.69, 9.17) is 16.3 Å². The molecule has 6 heteroatoms.